The minimum absolute atomic E-state index is 0.216. The number of carbonyl (C=O) groups is 1. The van der Waals surface area contributed by atoms with Gasteiger partial charge in [-0.1, -0.05) is 19.8 Å². The lowest BCUT2D eigenvalue weighted by molar-refractivity contribution is -0.185. The molecule has 1 fully saturated rings. The molecule has 4 heteroatoms. The molecule has 0 heterocycles. The first-order valence-corrected chi connectivity index (χ1v) is 8.22. The van der Waals surface area contributed by atoms with Gasteiger partial charge < -0.3 is 14.6 Å². The van der Waals surface area contributed by atoms with E-state index in [4.69, 9.17) is 9.47 Å². The van der Waals surface area contributed by atoms with Crippen LogP contribution in [0.5, 0.6) is 0 Å². The van der Waals surface area contributed by atoms with Crippen LogP contribution in [0.2, 0.25) is 0 Å². The maximum absolute atomic E-state index is 12.4. The highest BCUT2D eigenvalue weighted by atomic mass is 16.6. The van der Waals surface area contributed by atoms with Crippen molar-refractivity contribution in [3.63, 3.8) is 0 Å². The van der Waals surface area contributed by atoms with Crippen molar-refractivity contribution in [2.24, 2.45) is 5.92 Å². The Kier molecular flexibility index (Phi) is 6.67. The Morgan fingerprint density at radius 3 is 2.43 bits per heavy atom. The van der Waals surface area contributed by atoms with Crippen molar-refractivity contribution in [3.05, 3.63) is 0 Å². The van der Waals surface area contributed by atoms with Crippen molar-refractivity contribution >= 4 is 5.97 Å². The molecule has 4 nitrogen and oxygen atoms in total. The molecule has 0 amide bonds. The van der Waals surface area contributed by atoms with E-state index in [2.05, 4.69) is 0 Å². The van der Waals surface area contributed by atoms with Crippen LogP contribution in [-0.4, -0.2) is 35.0 Å². The molecule has 1 aliphatic rings. The van der Waals surface area contributed by atoms with E-state index in [0.29, 0.717) is 18.9 Å². The Hall–Kier alpha value is -0.610. The maximum Gasteiger partial charge on any atom is 0.338 e. The maximum atomic E-state index is 12.4. The van der Waals surface area contributed by atoms with Crippen molar-refractivity contribution in [2.45, 2.75) is 90.4 Å². The average molecular weight is 300 g/mol. The van der Waals surface area contributed by atoms with E-state index >= 15 is 0 Å². The highest BCUT2D eigenvalue weighted by Gasteiger charge is 2.38. The highest BCUT2D eigenvalue weighted by Crippen LogP contribution is 2.28. The third-order valence-electron chi connectivity index (χ3n) is 3.95. The van der Waals surface area contributed by atoms with Crippen LogP contribution in [0.4, 0.5) is 0 Å². The van der Waals surface area contributed by atoms with E-state index < -0.39 is 11.2 Å². The van der Waals surface area contributed by atoms with Crippen molar-refractivity contribution in [2.75, 3.05) is 6.61 Å². The lowest BCUT2D eigenvalue weighted by atomic mass is 9.87. The molecule has 1 rings (SSSR count). The summed E-state index contributed by atoms with van der Waals surface area (Å²) in [5.74, 6) is 0.0561. The van der Waals surface area contributed by atoms with Crippen LogP contribution >= 0.6 is 0 Å². The molecule has 0 radical (unpaired) electrons. The molecule has 0 aliphatic heterocycles. The van der Waals surface area contributed by atoms with Gasteiger partial charge in [0.15, 0.2) is 5.60 Å². The fraction of sp³-hybridized carbons (Fsp3) is 0.941. The minimum atomic E-state index is -0.884. The fourth-order valence-electron chi connectivity index (χ4n) is 2.81. The van der Waals surface area contributed by atoms with Crippen molar-refractivity contribution in [1.82, 2.24) is 0 Å². The van der Waals surface area contributed by atoms with Gasteiger partial charge in [0, 0.05) is 0 Å². The van der Waals surface area contributed by atoms with Crippen molar-refractivity contribution in [3.8, 4) is 0 Å². The molecule has 0 bridgehead atoms. The second-order valence-electron chi connectivity index (χ2n) is 7.48. The van der Waals surface area contributed by atoms with E-state index in [1.807, 2.05) is 34.6 Å². The zero-order chi connectivity index (χ0) is 16.1. The summed E-state index contributed by atoms with van der Waals surface area (Å²) in [6.07, 6.45) is 5.05. The normalized spacial score (nSPS) is 26.2. The first kappa shape index (κ1) is 18.4. The topological polar surface area (TPSA) is 55.8 Å². The first-order valence-electron chi connectivity index (χ1n) is 8.22. The summed E-state index contributed by atoms with van der Waals surface area (Å²) in [4.78, 5) is 12.4. The largest absolute Gasteiger partial charge is 0.458 e. The Labute approximate surface area is 129 Å². The van der Waals surface area contributed by atoms with Crippen molar-refractivity contribution < 1.29 is 19.4 Å². The van der Waals surface area contributed by atoms with Gasteiger partial charge in [-0.3, -0.25) is 0 Å². The van der Waals surface area contributed by atoms with Gasteiger partial charge in [-0.15, -0.1) is 0 Å². The van der Waals surface area contributed by atoms with Gasteiger partial charge in [-0.25, -0.2) is 4.79 Å². The highest BCUT2D eigenvalue weighted by molar-refractivity contribution is 5.79. The predicted octanol–water partition coefficient (Wildman–Crippen LogP) is 3.45. The van der Waals surface area contributed by atoms with E-state index in [-0.39, 0.29) is 12.1 Å². The zero-order valence-electron chi connectivity index (χ0n) is 14.3. The Morgan fingerprint density at radius 1 is 1.24 bits per heavy atom. The Morgan fingerprint density at radius 2 is 1.90 bits per heavy atom. The van der Waals surface area contributed by atoms with Crippen LogP contribution < -0.4 is 0 Å². The summed E-state index contributed by atoms with van der Waals surface area (Å²) in [5.41, 5.74) is -1.39. The third kappa shape index (κ3) is 6.35. The number of rotatable bonds is 6. The monoisotopic (exact) mass is 300 g/mol. The molecule has 0 aromatic rings. The zero-order valence-corrected chi connectivity index (χ0v) is 14.3. The van der Waals surface area contributed by atoms with Gasteiger partial charge in [0.1, 0.15) is 5.60 Å². The summed E-state index contributed by atoms with van der Waals surface area (Å²) in [6.45, 7) is 9.99. The van der Waals surface area contributed by atoms with Gasteiger partial charge in [0.05, 0.1) is 12.7 Å². The van der Waals surface area contributed by atoms with E-state index in [1.165, 1.54) is 0 Å². The summed E-state index contributed by atoms with van der Waals surface area (Å²) >= 11 is 0. The van der Waals surface area contributed by atoms with E-state index in [0.717, 1.165) is 32.1 Å². The molecule has 1 N–H and O–H groups in total. The molecule has 1 aliphatic carbocycles. The molecule has 3 atom stereocenters. The third-order valence-corrected chi connectivity index (χ3v) is 3.95. The van der Waals surface area contributed by atoms with Gasteiger partial charge in [-0.2, -0.15) is 0 Å². The Bertz CT molecular complexity index is 334. The standard InChI is InChI=1S/C17H32O4/c1-6-10-17(5,15(19)21-16(2,3)4)20-12-13-8-7-9-14(18)11-13/h13-14,18H,6-12H2,1-5H3/t13?,14-,17?/m0/s1. The number of ether oxygens (including phenoxy) is 2. The van der Waals surface area contributed by atoms with Crippen LogP contribution in [-0.2, 0) is 14.3 Å². The summed E-state index contributed by atoms with van der Waals surface area (Å²) in [7, 11) is 0. The summed E-state index contributed by atoms with van der Waals surface area (Å²) in [5, 5.41) is 9.73. The van der Waals surface area contributed by atoms with Gasteiger partial charge in [0.2, 0.25) is 0 Å². The van der Waals surface area contributed by atoms with Crippen LogP contribution in [0, 0.1) is 5.92 Å². The Balaban J connectivity index is 2.60. The van der Waals surface area contributed by atoms with Crippen molar-refractivity contribution in [1.29, 1.82) is 0 Å². The van der Waals surface area contributed by atoms with Gasteiger partial charge in [-0.05, 0) is 59.3 Å². The lowest BCUT2D eigenvalue weighted by Gasteiger charge is -2.34. The van der Waals surface area contributed by atoms with Crippen LogP contribution in [0.1, 0.15) is 73.1 Å². The molecule has 0 aromatic carbocycles. The minimum Gasteiger partial charge on any atom is -0.458 e. The fourth-order valence-corrected chi connectivity index (χ4v) is 2.81. The average Bonchev–Trinajstić information content (AvgIpc) is 2.35. The predicted molar refractivity (Wildman–Crippen MR) is 83.1 cm³/mol. The molecule has 124 valence electrons. The van der Waals surface area contributed by atoms with Gasteiger partial charge >= 0.3 is 5.97 Å². The van der Waals surface area contributed by atoms with Crippen LogP contribution in [0.3, 0.4) is 0 Å². The molecular formula is C17H32O4. The number of hydrogen-bond donors (Lipinski definition) is 1. The molecule has 0 aromatic heterocycles. The molecule has 21 heavy (non-hydrogen) atoms. The van der Waals surface area contributed by atoms with Gasteiger partial charge in [0.25, 0.3) is 0 Å². The summed E-state index contributed by atoms with van der Waals surface area (Å²) < 4.78 is 11.5. The molecule has 0 saturated heterocycles. The SMILES string of the molecule is CCCC(C)(OCC1CCC[C@H](O)C1)C(=O)OC(C)(C)C. The first-order chi connectivity index (χ1) is 9.66. The number of carbonyl (C=O) groups excluding carboxylic acids is 1. The van der Waals surface area contributed by atoms with Crippen LogP contribution in [0.15, 0.2) is 0 Å². The lowest BCUT2D eigenvalue weighted by Crippen LogP contribution is -2.44. The van der Waals surface area contributed by atoms with Crippen LogP contribution in [0.25, 0.3) is 0 Å². The smallest absolute Gasteiger partial charge is 0.338 e. The second-order valence-corrected chi connectivity index (χ2v) is 7.48. The van der Waals surface area contributed by atoms with E-state index in [1.54, 1.807) is 0 Å². The number of aliphatic hydroxyl groups excluding tert-OH is 1. The molecular weight excluding hydrogens is 268 g/mol. The molecule has 1 saturated carbocycles. The summed E-state index contributed by atoms with van der Waals surface area (Å²) in [6, 6.07) is 0. The second kappa shape index (κ2) is 7.59. The molecule has 2 unspecified atom stereocenters. The van der Waals surface area contributed by atoms with E-state index in [9.17, 15) is 9.90 Å². The molecule has 0 spiro atoms. The quantitative estimate of drug-likeness (QED) is 0.763. The number of aliphatic hydroxyl groups is 1. The number of hydrogen-bond acceptors (Lipinski definition) is 4. The number of esters is 1.